The lowest BCUT2D eigenvalue weighted by molar-refractivity contribution is -0.248. The van der Waals surface area contributed by atoms with E-state index in [1.807, 2.05) is 0 Å². The number of nitrogens with zero attached hydrogens (tertiary/aromatic N) is 2. The van der Waals surface area contributed by atoms with Crippen molar-refractivity contribution in [3.63, 3.8) is 0 Å². The van der Waals surface area contributed by atoms with Gasteiger partial charge in [0.25, 0.3) is 0 Å². The summed E-state index contributed by atoms with van der Waals surface area (Å²) >= 11 is 0. The van der Waals surface area contributed by atoms with Gasteiger partial charge in [-0.3, -0.25) is 9.48 Å². The molecular formula is C21H15F3N2O4. The molecule has 0 amide bonds. The topological polar surface area (TPSA) is 92.4 Å². The normalized spacial score (nSPS) is 19.2. The Hall–Kier alpha value is -3.46. The molecule has 4 rings (SSSR count). The van der Waals surface area contributed by atoms with Crippen molar-refractivity contribution in [2.24, 2.45) is 0 Å². The second-order valence-corrected chi connectivity index (χ2v) is 7.03. The Kier molecular flexibility index (Phi) is 4.32. The first-order valence-electron chi connectivity index (χ1n) is 8.91. The number of ketones is 1. The number of carboxylic acid groups (broad SMARTS) is 1. The highest BCUT2D eigenvalue weighted by atomic mass is 19.4. The highest BCUT2D eigenvalue weighted by Gasteiger charge is 2.60. The molecule has 154 valence electrons. The number of carboxylic acids is 1. The molecule has 0 saturated heterocycles. The fourth-order valence-corrected chi connectivity index (χ4v) is 3.72. The van der Waals surface area contributed by atoms with Crippen molar-refractivity contribution in [1.82, 2.24) is 9.78 Å². The van der Waals surface area contributed by atoms with Crippen molar-refractivity contribution in [3.8, 4) is 11.1 Å². The van der Waals surface area contributed by atoms with Crippen LogP contribution in [0, 0.1) is 0 Å². The van der Waals surface area contributed by atoms with Crippen LogP contribution < -0.4 is 0 Å². The summed E-state index contributed by atoms with van der Waals surface area (Å²) in [6.45, 7) is 1.39. The molecule has 2 unspecified atom stereocenters. The zero-order valence-corrected chi connectivity index (χ0v) is 15.5. The lowest BCUT2D eigenvalue weighted by atomic mass is 9.72. The highest BCUT2D eigenvalue weighted by molar-refractivity contribution is 6.16. The summed E-state index contributed by atoms with van der Waals surface area (Å²) in [6.07, 6.45) is -2.47. The van der Waals surface area contributed by atoms with Crippen LogP contribution in [0.4, 0.5) is 13.2 Å². The summed E-state index contributed by atoms with van der Waals surface area (Å²) in [5.41, 5.74) is -4.62. The number of rotatable bonds is 3. The fraction of sp³-hybridized carbons (Fsp3) is 0.190. The van der Waals surface area contributed by atoms with Crippen LogP contribution in [-0.4, -0.2) is 37.9 Å². The predicted octanol–water partition coefficient (Wildman–Crippen LogP) is 3.54. The maximum absolute atomic E-state index is 14.1. The van der Waals surface area contributed by atoms with Crippen LogP contribution in [0.5, 0.6) is 0 Å². The van der Waals surface area contributed by atoms with Gasteiger partial charge in [-0.15, -0.1) is 0 Å². The highest BCUT2D eigenvalue weighted by Crippen LogP contribution is 2.51. The SMILES string of the molecule is CC(C(=O)O)n1cc(-c2cccc3c2C(=O)c2ccccc2C3(O)C(F)(F)F)cn1. The summed E-state index contributed by atoms with van der Waals surface area (Å²) < 4.78 is 43.4. The summed E-state index contributed by atoms with van der Waals surface area (Å²) in [5.74, 6) is -1.81. The van der Waals surface area contributed by atoms with E-state index in [2.05, 4.69) is 5.10 Å². The van der Waals surface area contributed by atoms with E-state index in [4.69, 9.17) is 5.11 Å². The molecule has 2 aromatic carbocycles. The molecule has 0 fully saturated rings. The first-order valence-corrected chi connectivity index (χ1v) is 8.91. The number of hydrogen-bond donors (Lipinski definition) is 2. The van der Waals surface area contributed by atoms with Crippen molar-refractivity contribution >= 4 is 11.8 Å². The van der Waals surface area contributed by atoms with Gasteiger partial charge in [0, 0.05) is 34.0 Å². The Bertz CT molecular complexity index is 1180. The molecular weight excluding hydrogens is 401 g/mol. The van der Waals surface area contributed by atoms with E-state index < -0.39 is 40.7 Å². The molecule has 30 heavy (non-hydrogen) atoms. The van der Waals surface area contributed by atoms with Crippen molar-refractivity contribution in [1.29, 1.82) is 0 Å². The van der Waals surface area contributed by atoms with Gasteiger partial charge in [0.15, 0.2) is 5.78 Å². The zero-order valence-electron chi connectivity index (χ0n) is 15.5. The molecule has 1 aliphatic carbocycles. The summed E-state index contributed by atoms with van der Waals surface area (Å²) in [6, 6.07) is 7.89. The second kappa shape index (κ2) is 6.53. The van der Waals surface area contributed by atoms with Gasteiger partial charge in [-0.25, -0.2) is 4.79 Å². The standard InChI is InChI=1S/C21H15F3N2O4/c1-11(19(28)29)26-10-12(9-25-26)13-6-4-8-16-17(13)18(27)14-5-2-3-7-15(14)20(16,30)21(22,23)24/h2-11,30H,1H3,(H,28,29). The van der Waals surface area contributed by atoms with Gasteiger partial charge < -0.3 is 10.2 Å². The van der Waals surface area contributed by atoms with Crippen LogP contribution in [0.25, 0.3) is 11.1 Å². The third-order valence-electron chi connectivity index (χ3n) is 5.32. The first kappa shape index (κ1) is 19.8. The van der Waals surface area contributed by atoms with Gasteiger partial charge in [0.1, 0.15) is 6.04 Å². The summed E-state index contributed by atoms with van der Waals surface area (Å²) in [5, 5.41) is 24.0. The number of halogens is 3. The summed E-state index contributed by atoms with van der Waals surface area (Å²) in [4.78, 5) is 24.4. The number of benzene rings is 2. The minimum Gasteiger partial charge on any atom is -0.480 e. The lowest BCUT2D eigenvalue weighted by Crippen LogP contribution is -2.47. The number of aromatic nitrogens is 2. The van der Waals surface area contributed by atoms with Gasteiger partial charge in [-0.2, -0.15) is 18.3 Å². The van der Waals surface area contributed by atoms with Crippen molar-refractivity contribution in [3.05, 3.63) is 77.1 Å². The van der Waals surface area contributed by atoms with Crippen LogP contribution in [0.15, 0.2) is 54.9 Å². The quantitative estimate of drug-likeness (QED) is 0.682. The van der Waals surface area contributed by atoms with Gasteiger partial charge in [-0.1, -0.05) is 42.5 Å². The van der Waals surface area contributed by atoms with Crippen molar-refractivity contribution < 1.29 is 33.0 Å². The van der Waals surface area contributed by atoms with Gasteiger partial charge in [0.05, 0.1) is 6.20 Å². The largest absolute Gasteiger partial charge is 0.480 e. The smallest absolute Gasteiger partial charge is 0.425 e. The van der Waals surface area contributed by atoms with E-state index in [0.29, 0.717) is 0 Å². The zero-order chi connectivity index (χ0) is 21.8. The van der Waals surface area contributed by atoms with E-state index in [-0.39, 0.29) is 22.3 Å². The average Bonchev–Trinajstić information content (AvgIpc) is 3.20. The molecule has 1 aliphatic rings. The molecule has 9 heteroatoms. The van der Waals surface area contributed by atoms with Crippen LogP contribution in [-0.2, 0) is 10.4 Å². The number of alkyl halides is 3. The molecule has 2 atom stereocenters. The molecule has 0 aliphatic heterocycles. The Morgan fingerprint density at radius 2 is 1.73 bits per heavy atom. The number of carbonyl (C=O) groups is 2. The number of aliphatic carboxylic acids is 1. The Morgan fingerprint density at radius 3 is 2.40 bits per heavy atom. The van der Waals surface area contributed by atoms with Gasteiger partial charge in [-0.05, 0) is 12.5 Å². The third kappa shape index (κ3) is 2.66. The Morgan fingerprint density at radius 1 is 1.10 bits per heavy atom. The molecule has 0 radical (unpaired) electrons. The fourth-order valence-electron chi connectivity index (χ4n) is 3.72. The van der Waals surface area contributed by atoms with Crippen molar-refractivity contribution in [2.75, 3.05) is 0 Å². The van der Waals surface area contributed by atoms with E-state index in [1.165, 1.54) is 49.6 Å². The van der Waals surface area contributed by atoms with Gasteiger partial charge >= 0.3 is 12.1 Å². The van der Waals surface area contributed by atoms with Crippen LogP contribution >= 0.6 is 0 Å². The third-order valence-corrected chi connectivity index (χ3v) is 5.32. The van der Waals surface area contributed by atoms with Crippen LogP contribution in [0.3, 0.4) is 0 Å². The number of fused-ring (bicyclic) bond motifs is 2. The maximum Gasteiger partial charge on any atom is 0.425 e. The predicted molar refractivity (Wildman–Crippen MR) is 98.9 cm³/mol. The second-order valence-electron chi connectivity index (χ2n) is 7.03. The van der Waals surface area contributed by atoms with Crippen molar-refractivity contribution in [2.45, 2.75) is 24.7 Å². The Balaban J connectivity index is 1.99. The monoisotopic (exact) mass is 416 g/mol. The van der Waals surface area contributed by atoms with E-state index in [1.54, 1.807) is 0 Å². The summed E-state index contributed by atoms with van der Waals surface area (Å²) in [7, 11) is 0. The minimum atomic E-state index is -5.08. The maximum atomic E-state index is 14.1. The van der Waals surface area contributed by atoms with E-state index in [0.717, 1.165) is 16.8 Å². The average molecular weight is 416 g/mol. The van der Waals surface area contributed by atoms with Crippen LogP contribution in [0.1, 0.15) is 40.0 Å². The number of hydrogen-bond acceptors (Lipinski definition) is 4. The number of aliphatic hydroxyl groups is 1. The molecule has 1 heterocycles. The minimum absolute atomic E-state index is 0.124. The Labute approximate surface area is 168 Å². The lowest BCUT2D eigenvalue weighted by Gasteiger charge is -2.37. The van der Waals surface area contributed by atoms with Gasteiger partial charge in [0.2, 0.25) is 5.60 Å². The van der Waals surface area contributed by atoms with E-state index in [9.17, 15) is 27.9 Å². The molecule has 6 nitrogen and oxygen atoms in total. The first-order chi connectivity index (χ1) is 14.1. The molecule has 3 aromatic rings. The molecule has 1 aromatic heterocycles. The molecule has 2 N–H and O–H groups in total. The number of carbonyl (C=O) groups excluding carboxylic acids is 1. The van der Waals surface area contributed by atoms with E-state index >= 15 is 0 Å². The molecule has 0 saturated carbocycles. The van der Waals surface area contributed by atoms with Crippen LogP contribution in [0.2, 0.25) is 0 Å². The molecule has 0 spiro atoms. The molecule has 0 bridgehead atoms.